The Morgan fingerprint density at radius 3 is 3.31 bits per heavy atom. The van der Waals surface area contributed by atoms with E-state index in [1.807, 2.05) is 22.7 Å². The third-order valence-electron chi connectivity index (χ3n) is 2.22. The summed E-state index contributed by atoms with van der Waals surface area (Å²) in [7, 11) is 0. The zero-order valence-corrected chi connectivity index (χ0v) is 8.37. The number of anilines is 1. The van der Waals surface area contributed by atoms with Gasteiger partial charge in [-0.1, -0.05) is 0 Å². The van der Waals surface area contributed by atoms with Crippen LogP contribution in [0.1, 0.15) is 5.76 Å². The molecule has 3 rings (SSSR count). The van der Waals surface area contributed by atoms with E-state index < -0.39 is 0 Å². The van der Waals surface area contributed by atoms with Crippen molar-refractivity contribution in [3.05, 3.63) is 42.7 Å². The summed E-state index contributed by atoms with van der Waals surface area (Å²) in [5.74, 6) is 1.49. The fourth-order valence-electron chi connectivity index (χ4n) is 1.47. The largest absolute Gasteiger partial charge is 0.467 e. The zero-order valence-electron chi connectivity index (χ0n) is 8.37. The first-order valence-electron chi connectivity index (χ1n) is 4.84. The Morgan fingerprint density at radius 1 is 1.44 bits per heavy atom. The number of hydrogen-bond acceptors (Lipinski definition) is 5. The van der Waals surface area contributed by atoms with Crippen LogP contribution in [0, 0.1) is 0 Å². The van der Waals surface area contributed by atoms with Gasteiger partial charge in [0.1, 0.15) is 5.76 Å². The van der Waals surface area contributed by atoms with Crippen molar-refractivity contribution in [3.63, 3.8) is 0 Å². The lowest BCUT2D eigenvalue weighted by Gasteiger charge is -2.04. The third kappa shape index (κ3) is 1.50. The molecule has 0 saturated heterocycles. The third-order valence-corrected chi connectivity index (χ3v) is 2.22. The van der Waals surface area contributed by atoms with Gasteiger partial charge in [-0.15, -0.1) is 5.10 Å². The molecule has 0 bridgehead atoms. The fourth-order valence-corrected chi connectivity index (χ4v) is 1.47. The number of hydrogen-bond donors (Lipinski definition) is 1. The first-order chi connectivity index (χ1) is 7.93. The number of imidazole rings is 1. The van der Waals surface area contributed by atoms with Gasteiger partial charge in [-0.2, -0.15) is 5.10 Å². The van der Waals surface area contributed by atoms with E-state index in [2.05, 4.69) is 20.5 Å². The highest BCUT2D eigenvalue weighted by molar-refractivity contribution is 5.42. The molecule has 6 heteroatoms. The van der Waals surface area contributed by atoms with Gasteiger partial charge < -0.3 is 9.73 Å². The van der Waals surface area contributed by atoms with Gasteiger partial charge in [0.2, 0.25) is 5.95 Å². The second-order valence-corrected chi connectivity index (χ2v) is 3.26. The van der Waals surface area contributed by atoms with Crippen LogP contribution >= 0.6 is 0 Å². The van der Waals surface area contributed by atoms with Gasteiger partial charge in [-0.05, 0) is 12.1 Å². The summed E-state index contributed by atoms with van der Waals surface area (Å²) in [6.07, 6.45) is 6.78. The molecule has 3 heterocycles. The Balaban J connectivity index is 1.86. The Hall–Kier alpha value is -2.37. The van der Waals surface area contributed by atoms with Crippen molar-refractivity contribution in [2.24, 2.45) is 0 Å². The van der Waals surface area contributed by atoms with Crippen molar-refractivity contribution in [2.45, 2.75) is 6.54 Å². The first kappa shape index (κ1) is 8.90. The Morgan fingerprint density at radius 2 is 2.44 bits per heavy atom. The average Bonchev–Trinajstić information content (AvgIpc) is 2.97. The fraction of sp³-hybridized carbons (Fsp3) is 0.100. The van der Waals surface area contributed by atoms with Gasteiger partial charge in [0.15, 0.2) is 5.65 Å². The molecule has 1 N–H and O–H groups in total. The Kier molecular flexibility index (Phi) is 2.03. The summed E-state index contributed by atoms with van der Waals surface area (Å²) in [6, 6.07) is 3.75. The molecular weight excluding hydrogens is 206 g/mol. The highest BCUT2D eigenvalue weighted by Crippen LogP contribution is 2.08. The second kappa shape index (κ2) is 3.65. The number of furan rings is 1. The summed E-state index contributed by atoms with van der Waals surface area (Å²) < 4.78 is 7.04. The molecule has 0 spiro atoms. The van der Waals surface area contributed by atoms with Crippen molar-refractivity contribution >= 4 is 11.6 Å². The summed E-state index contributed by atoms with van der Waals surface area (Å²) in [4.78, 5) is 4.12. The van der Waals surface area contributed by atoms with Crippen molar-refractivity contribution in [2.75, 3.05) is 5.32 Å². The van der Waals surface area contributed by atoms with Crippen LogP contribution in [0.5, 0.6) is 0 Å². The topological polar surface area (TPSA) is 68.2 Å². The minimum absolute atomic E-state index is 0.568. The number of rotatable bonds is 3. The Labute approximate surface area is 90.9 Å². The molecule has 0 aliphatic heterocycles. The van der Waals surface area contributed by atoms with Crippen molar-refractivity contribution in [3.8, 4) is 0 Å². The van der Waals surface area contributed by atoms with E-state index in [0.717, 1.165) is 11.4 Å². The normalized spacial score (nSPS) is 10.8. The smallest absolute Gasteiger partial charge is 0.229 e. The summed E-state index contributed by atoms with van der Waals surface area (Å²) in [5.41, 5.74) is 0.761. The minimum Gasteiger partial charge on any atom is -0.467 e. The zero-order chi connectivity index (χ0) is 10.8. The number of nitrogens with zero attached hydrogens (tertiary/aromatic N) is 4. The quantitative estimate of drug-likeness (QED) is 0.713. The van der Waals surface area contributed by atoms with Gasteiger partial charge >= 0.3 is 0 Å². The number of nitrogens with one attached hydrogen (secondary N) is 1. The molecule has 0 saturated carbocycles. The maximum atomic E-state index is 5.21. The van der Waals surface area contributed by atoms with Gasteiger partial charge in [0, 0.05) is 12.4 Å². The average molecular weight is 215 g/mol. The maximum Gasteiger partial charge on any atom is 0.229 e. The van der Waals surface area contributed by atoms with Gasteiger partial charge in [0.05, 0.1) is 19.0 Å². The molecule has 0 fully saturated rings. The van der Waals surface area contributed by atoms with Crippen LogP contribution in [0.2, 0.25) is 0 Å². The van der Waals surface area contributed by atoms with Gasteiger partial charge in [0.25, 0.3) is 0 Å². The molecule has 3 aromatic heterocycles. The van der Waals surface area contributed by atoms with Crippen molar-refractivity contribution < 1.29 is 4.42 Å². The minimum atomic E-state index is 0.568. The van der Waals surface area contributed by atoms with Gasteiger partial charge in [-0.25, -0.2) is 4.98 Å². The van der Waals surface area contributed by atoms with E-state index in [9.17, 15) is 0 Å². The van der Waals surface area contributed by atoms with E-state index in [1.54, 1.807) is 18.7 Å². The van der Waals surface area contributed by atoms with E-state index >= 15 is 0 Å². The molecule has 0 aliphatic rings. The molecule has 80 valence electrons. The number of fused-ring (bicyclic) bond motifs is 1. The summed E-state index contributed by atoms with van der Waals surface area (Å²) in [6.45, 7) is 0.568. The van der Waals surface area contributed by atoms with Crippen molar-refractivity contribution in [1.82, 2.24) is 19.6 Å². The molecule has 16 heavy (non-hydrogen) atoms. The molecule has 0 amide bonds. The lowest BCUT2D eigenvalue weighted by molar-refractivity contribution is 0.517. The molecular formula is C10H9N5O. The maximum absolute atomic E-state index is 5.21. The van der Waals surface area contributed by atoms with Crippen LogP contribution < -0.4 is 5.32 Å². The van der Waals surface area contributed by atoms with Crippen LogP contribution in [0.3, 0.4) is 0 Å². The molecule has 0 aromatic carbocycles. The molecule has 6 nitrogen and oxygen atoms in total. The van der Waals surface area contributed by atoms with E-state index in [4.69, 9.17) is 4.42 Å². The summed E-state index contributed by atoms with van der Waals surface area (Å²) >= 11 is 0. The second-order valence-electron chi connectivity index (χ2n) is 3.26. The highest BCUT2D eigenvalue weighted by Gasteiger charge is 2.03. The SMILES string of the molecule is c1coc(CNc2nncc3nccn23)c1. The molecule has 0 aliphatic carbocycles. The Bertz CT molecular complexity index is 586. The lowest BCUT2D eigenvalue weighted by atomic mass is 10.4. The van der Waals surface area contributed by atoms with Crippen LogP contribution in [-0.2, 0) is 6.54 Å². The molecule has 0 atom stereocenters. The van der Waals surface area contributed by atoms with E-state index in [-0.39, 0.29) is 0 Å². The highest BCUT2D eigenvalue weighted by atomic mass is 16.3. The van der Waals surface area contributed by atoms with Gasteiger partial charge in [-0.3, -0.25) is 4.40 Å². The first-order valence-corrected chi connectivity index (χ1v) is 4.84. The molecule has 0 radical (unpaired) electrons. The monoisotopic (exact) mass is 215 g/mol. The lowest BCUT2D eigenvalue weighted by Crippen LogP contribution is -2.06. The standard InChI is InChI=1S/C10H9N5O/c1-2-8(16-5-1)6-12-10-14-13-7-9-11-3-4-15(9)10/h1-5,7H,6H2,(H,12,14). The van der Waals surface area contributed by atoms with Crippen LogP contribution in [0.25, 0.3) is 5.65 Å². The van der Waals surface area contributed by atoms with E-state index in [0.29, 0.717) is 12.5 Å². The van der Waals surface area contributed by atoms with Crippen LogP contribution in [0.4, 0.5) is 5.95 Å². The van der Waals surface area contributed by atoms with Crippen molar-refractivity contribution in [1.29, 1.82) is 0 Å². The molecule has 0 unspecified atom stereocenters. The predicted octanol–water partition coefficient (Wildman–Crippen LogP) is 1.33. The van der Waals surface area contributed by atoms with Crippen LogP contribution in [-0.4, -0.2) is 19.6 Å². The number of aromatic nitrogens is 4. The van der Waals surface area contributed by atoms with Crippen LogP contribution in [0.15, 0.2) is 41.4 Å². The molecule has 3 aromatic rings. The predicted molar refractivity (Wildman–Crippen MR) is 56.8 cm³/mol. The van der Waals surface area contributed by atoms with E-state index in [1.165, 1.54) is 0 Å². The summed E-state index contributed by atoms with van der Waals surface area (Å²) in [5, 5.41) is 11.0.